The lowest BCUT2D eigenvalue weighted by atomic mass is 10.1. The Bertz CT molecular complexity index is 729. The van der Waals surface area contributed by atoms with Crippen LogP contribution in [0.5, 0.6) is 5.75 Å². The minimum absolute atomic E-state index is 0.00597. The predicted molar refractivity (Wildman–Crippen MR) is 98.1 cm³/mol. The van der Waals surface area contributed by atoms with Gasteiger partial charge >= 0.3 is 0 Å². The number of aliphatic hydroxyl groups excluding tert-OH is 1. The van der Waals surface area contributed by atoms with E-state index in [9.17, 15) is 4.79 Å². The molecule has 138 valence electrons. The van der Waals surface area contributed by atoms with Crippen molar-refractivity contribution in [3.8, 4) is 5.75 Å². The minimum atomic E-state index is -0.738. The Morgan fingerprint density at radius 2 is 1.85 bits per heavy atom. The number of rotatable bonds is 9. The smallest absolute Gasteiger partial charge is 0.254 e. The summed E-state index contributed by atoms with van der Waals surface area (Å²) in [6, 6.07) is 14.1. The zero-order valence-electron chi connectivity index (χ0n) is 14.6. The Morgan fingerprint density at radius 1 is 1.19 bits per heavy atom. The van der Waals surface area contributed by atoms with Gasteiger partial charge in [0.1, 0.15) is 18.2 Å². The van der Waals surface area contributed by atoms with Crippen LogP contribution in [0.3, 0.4) is 0 Å². The molecule has 26 heavy (non-hydrogen) atoms. The van der Waals surface area contributed by atoms with Gasteiger partial charge in [-0.3, -0.25) is 10.2 Å². The van der Waals surface area contributed by atoms with Crippen molar-refractivity contribution in [3.05, 3.63) is 65.2 Å². The molecular weight excluding hydrogens is 334 g/mol. The topological polar surface area (TPSA) is 118 Å². The number of carbonyl (C=O) groups is 1. The van der Waals surface area contributed by atoms with Crippen LogP contribution in [0.15, 0.2) is 48.5 Å². The molecule has 7 heteroatoms. The van der Waals surface area contributed by atoms with Crippen LogP contribution >= 0.6 is 0 Å². The van der Waals surface area contributed by atoms with Crippen molar-refractivity contribution in [2.24, 2.45) is 5.73 Å². The zero-order chi connectivity index (χ0) is 18.9. The second-order valence-corrected chi connectivity index (χ2v) is 5.59. The van der Waals surface area contributed by atoms with Crippen LogP contribution in [0.2, 0.25) is 0 Å². The van der Waals surface area contributed by atoms with Crippen LogP contribution in [0.25, 0.3) is 0 Å². The van der Waals surface area contributed by atoms with Gasteiger partial charge < -0.3 is 25.6 Å². The second kappa shape index (κ2) is 9.55. The molecule has 1 amide bonds. The summed E-state index contributed by atoms with van der Waals surface area (Å²) in [6.45, 7) is 0.503. The van der Waals surface area contributed by atoms with Crippen LogP contribution in [0.4, 0.5) is 0 Å². The molecule has 0 spiro atoms. The Morgan fingerprint density at radius 3 is 2.38 bits per heavy atom. The van der Waals surface area contributed by atoms with Gasteiger partial charge in [-0.05, 0) is 23.3 Å². The lowest BCUT2D eigenvalue weighted by Gasteiger charge is -2.16. The number of nitrogens with one attached hydrogen (secondary N) is 2. The van der Waals surface area contributed by atoms with Gasteiger partial charge in [-0.1, -0.05) is 36.4 Å². The van der Waals surface area contributed by atoms with E-state index in [2.05, 4.69) is 5.32 Å². The number of amidine groups is 1. The maximum atomic E-state index is 12.4. The van der Waals surface area contributed by atoms with E-state index in [0.29, 0.717) is 23.4 Å². The summed E-state index contributed by atoms with van der Waals surface area (Å²) in [5, 5.41) is 19.0. The molecule has 2 rings (SSSR count). The molecule has 0 bridgehead atoms. The third-order valence-corrected chi connectivity index (χ3v) is 3.75. The van der Waals surface area contributed by atoms with Crippen LogP contribution in [0.1, 0.15) is 22.8 Å². The SMILES string of the molecule is COC(C(=O)NCc1ccc(C(=N)N)cc1)c1ccc(OCCO)cc1. The van der Waals surface area contributed by atoms with Crippen molar-refractivity contribution in [1.29, 1.82) is 5.41 Å². The molecule has 7 nitrogen and oxygen atoms in total. The highest BCUT2D eigenvalue weighted by molar-refractivity contribution is 5.94. The van der Waals surface area contributed by atoms with Crippen molar-refractivity contribution < 1.29 is 19.4 Å². The summed E-state index contributed by atoms with van der Waals surface area (Å²) >= 11 is 0. The van der Waals surface area contributed by atoms with E-state index in [1.165, 1.54) is 7.11 Å². The Labute approximate surface area is 152 Å². The Balaban J connectivity index is 1.96. The summed E-state index contributed by atoms with van der Waals surface area (Å²) in [4.78, 5) is 12.4. The van der Waals surface area contributed by atoms with Crippen LogP contribution < -0.4 is 15.8 Å². The largest absolute Gasteiger partial charge is 0.491 e. The van der Waals surface area contributed by atoms with Crippen molar-refractivity contribution in [2.75, 3.05) is 20.3 Å². The molecule has 2 aromatic carbocycles. The molecule has 0 aliphatic heterocycles. The van der Waals surface area contributed by atoms with Crippen LogP contribution in [0, 0.1) is 5.41 Å². The number of aliphatic hydroxyl groups is 1. The first kappa shape index (κ1) is 19.4. The fourth-order valence-corrected chi connectivity index (χ4v) is 2.38. The first-order valence-corrected chi connectivity index (χ1v) is 8.12. The van der Waals surface area contributed by atoms with E-state index in [1.807, 2.05) is 12.1 Å². The average Bonchev–Trinajstić information content (AvgIpc) is 2.66. The van der Waals surface area contributed by atoms with Crippen LogP contribution in [-0.4, -0.2) is 37.2 Å². The van der Waals surface area contributed by atoms with Gasteiger partial charge in [-0.15, -0.1) is 0 Å². The normalized spacial score (nSPS) is 11.6. The highest BCUT2D eigenvalue weighted by Crippen LogP contribution is 2.20. The number of nitrogens with two attached hydrogens (primary N) is 1. The minimum Gasteiger partial charge on any atom is -0.491 e. The number of nitrogen functional groups attached to an aromatic ring is 1. The number of benzene rings is 2. The van der Waals surface area contributed by atoms with E-state index < -0.39 is 6.10 Å². The van der Waals surface area contributed by atoms with E-state index in [0.717, 1.165) is 5.56 Å². The molecule has 5 N–H and O–H groups in total. The summed E-state index contributed by atoms with van der Waals surface area (Å²) in [6.07, 6.45) is -0.738. The van der Waals surface area contributed by atoms with Crippen molar-refractivity contribution in [2.45, 2.75) is 12.6 Å². The molecule has 1 atom stereocenters. The van der Waals surface area contributed by atoms with Crippen molar-refractivity contribution in [1.82, 2.24) is 5.32 Å². The molecular formula is C19H23N3O4. The van der Waals surface area contributed by atoms with Crippen molar-refractivity contribution in [3.63, 3.8) is 0 Å². The molecule has 0 aliphatic rings. The highest BCUT2D eigenvalue weighted by atomic mass is 16.5. The van der Waals surface area contributed by atoms with E-state index in [-0.39, 0.29) is 25.0 Å². The summed E-state index contributed by atoms with van der Waals surface area (Å²) in [5.74, 6) is 0.363. The summed E-state index contributed by atoms with van der Waals surface area (Å²) in [5.41, 5.74) is 7.66. The van der Waals surface area contributed by atoms with E-state index >= 15 is 0 Å². The fraction of sp³-hybridized carbons (Fsp3) is 0.263. The second-order valence-electron chi connectivity index (χ2n) is 5.59. The number of hydrogen-bond acceptors (Lipinski definition) is 5. The number of hydrogen-bond donors (Lipinski definition) is 4. The maximum Gasteiger partial charge on any atom is 0.254 e. The van der Waals surface area contributed by atoms with Gasteiger partial charge in [0.2, 0.25) is 0 Å². The van der Waals surface area contributed by atoms with Gasteiger partial charge in [-0.2, -0.15) is 0 Å². The van der Waals surface area contributed by atoms with Gasteiger partial charge in [0.25, 0.3) is 5.91 Å². The number of carbonyl (C=O) groups excluding carboxylic acids is 1. The maximum absolute atomic E-state index is 12.4. The third-order valence-electron chi connectivity index (χ3n) is 3.75. The summed E-state index contributed by atoms with van der Waals surface area (Å²) < 4.78 is 10.6. The van der Waals surface area contributed by atoms with Gasteiger partial charge in [-0.25, -0.2) is 0 Å². The zero-order valence-corrected chi connectivity index (χ0v) is 14.6. The lowest BCUT2D eigenvalue weighted by molar-refractivity contribution is -0.131. The quantitative estimate of drug-likeness (QED) is 0.399. The standard InChI is InChI=1S/C19H23N3O4/c1-25-17(14-6-8-16(9-7-14)26-11-10-23)19(24)22-12-13-2-4-15(5-3-13)18(20)21/h2-9,17,23H,10-12H2,1H3,(H3,20,21)(H,22,24). The molecule has 0 aliphatic carbocycles. The number of ether oxygens (including phenoxy) is 2. The number of amides is 1. The molecule has 0 saturated carbocycles. The lowest BCUT2D eigenvalue weighted by Crippen LogP contribution is -2.30. The van der Waals surface area contributed by atoms with Crippen molar-refractivity contribution >= 4 is 11.7 Å². The van der Waals surface area contributed by atoms with Gasteiger partial charge in [0.15, 0.2) is 6.10 Å². The third kappa shape index (κ3) is 5.30. The predicted octanol–water partition coefficient (Wildman–Crippen LogP) is 1.35. The molecule has 0 saturated heterocycles. The highest BCUT2D eigenvalue weighted by Gasteiger charge is 2.19. The molecule has 0 heterocycles. The Hall–Kier alpha value is -2.90. The summed E-state index contributed by atoms with van der Waals surface area (Å²) in [7, 11) is 1.47. The van der Waals surface area contributed by atoms with Crippen LogP contribution in [-0.2, 0) is 16.1 Å². The number of methoxy groups -OCH3 is 1. The average molecular weight is 357 g/mol. The van der Waals surface area contributed by atoms with E-state index in [1.54, 1.807) is 36.4 Å². The van der Waals surface area contributed by atoms with Gasteiger partial charge in [0, 0.05) is 19.2 Å². The first-order chi connectivity index (χ1) is 12.5. The molecule has 0 fully saturated rings. The molecule has 1 unspecified atom stereocenters. The van der Waals surface area contributed by atoms with Gasteiger partial charge in [0.05, 0.1) is 6.61 Å². The molecule has 0 radical (unpaired) electrons. The monoisotopic (exact) mass is 357 g/mol. The Kier molecular flexibility index (Phi) is 7.13. The fourth-order valence-electron chi connectivity index (χ4n) is 2.38. The van der Waals surface area contributed by atoms with E-state index in [4.69, 9.17) is 25.7 Å². The molecule has 2 aromatic rings. The molecule has 0 aromatic heterocycles. The first-order valence-electron chi connectivity index (χ1n) is 8.12.